The van der Waals surface area contributed by atoms with Gasteiger partial charge in [0.15, 0.2) is 5.82 Å². The topological polar surface area (TPSA) is 60.2 Å². The molecule has 1 aliphatic rings. The van der Waals surface area contributed by atoms with Gasteiger partial charge in [0.2, 0.25) is 6.39 Å². The molecule has 0 saturated carbocycles. The van der Waals surface area contributed by atoms with Gasteiger partial charge in [-0.1, -0.05) is 17.3 Å². The molecule has 0 saturated heterocycles. The maximum Gasteiger partial charge on any atom is 0.213 e. The molecule has 1 aliphatic heterocycles. The second kappa shape index (κ2) is 5.84. The minimum Gasteiger partial charge on any atom is -0.493 e. The highest BCUT2D eigenvalue weighted by Crippen LogP contribution is 2.25. The zero-order valence-corrected chi connectivity index (χ0v) is 10.8. The third kappa shape index (κ3) is 3.12. The van der Waals surface area contributed by atoms with Crippen LogP contribution in [0.3, 0.4) is 0 Å². The highest BCUT2D eigenvalue weighted by atomic mass is 16.5. The number of ether oxygens (including phenoxy) is 1. The first-order valence-corrected chi connectivity index (χ1v) is 6.62. The fraction of sp³-hybridized carbons (Fsp3) is 0.429. The van der Waals surface area contributed by atoms with Crippen LogP contribution in [0.25, 0.3) is 0 Å². The van der Waals surface area contributed by atoms with Crippen molar-refractivity contribution in [2.75, 3.05) is 19.7 Å². The summed E-state index contributed by atoms with van der Waals surface area (Å²) in [5, 5.41) is 7.16. The maximum absolute atomic E-state index is 5.50. The Balaban J connectivity index is 1.40. The molecule has 100 valence electrons. The van der Waals surface area contributed by atoms with Crippen LogP contribution < -0.4 is 10.1 Å². The van der Waals surface area contributed by atoms with Crippen LogP contribution in [0.5, 0.6) is 5.75 Å². The summed E-state index contributed by atoms with van der Waals surface area (Å²) in [6.45, 7) is 2.65. The van der Waals surface area contributed by atoms with Crippen LogP contribution in [-0.2, 0) is 19.3 Å². The third-order valence-electron chi connectivity index (χ3n) is 3.28. The second-order valence-electron chi connectivity index (χ2n) is 4.64. The monoisotopic (exact) mass is 259 g/mol. The summed E-state index contributed by atoms with van der Waals surface area (Å²) in [6.07, 6.45) is 4.23. The van der Waals surface area contributed by atoms with Crippen molar-refractivity contribution in [3.63, 3.8) is 0 Å². The van der Waals surface area contributed by atoms with E-state index < -0.39 is 0 Å². The first-order valence-electron chi connectivity index (χ1n) is 6.62. The predicted octanol–water partition coefficient (Wildman–Crippen LogP) is 1.38. The number of nitrogens with zero attached hydrogens (tertiary/aromatic N) is 2. The average molecular weight is 259 g/mol. The fourth-order valence-electron chi connectivity index (χ4n) is 2.26. The summed E-state index contributed by atoms with van der Waals surface area (Å²) in [6, 6.07) is 6.48. The van der Waals surface area contributed by atoms with Crippen LogP contribution in [0, 0.1) is 0 Å². The van der Waals surface area contributed by atoms with E-state index in [1.165, 1.54) is 17.5 Å². The summed E-state index contributed by atoms with van der Waals surface area (Å²) in [4.78, 5) is 3.98. The van der Waals surface area contributed by atoms with Gasteiger partial charge in [0.05, 0.1) is 6.61 Å². The summed E-state index contributed by atoms with van der Waals surface area (Å²) >= 11 is 0. The Morgan fingerprint density at radius 1 is 1.21 bits per heavy atom. The van der Waals surface area contributed by atoms with E-state index in [9.17, 15) is 0 Å². The van der Waals surface area contributed by atoms with Gasteiger partial charge in [0, 0.05) is 19.4 Å². The minimum absolute atomic E-state index is 0.752. The summed E-state index contributed by atoms with van der Waals surface area (Å²) in [5.41, 5.74) is 2.70. The number of fused-ring (bicyclic) bond motifs is 1. The van der Waals surface area contributed by atoms with Crippen molar-refractivity contribution in [2.24, 2.45) is 0 Å². The SMILES string of the molecule is c1nc(CCNCCc2ccc3c(c2)CCO3)no1. The Labute approximate surface area is 112 Å². The average Bonchev–Trinajstić information content (AvgIpc) is 3.08. The first-order chi connectivity index (χ1) is 9.42. The van der Waals surface area contributed by atoms with Crippen molar-refractivity contribution in [3.05, 3.63) is 41.5 Å². The number of aromatic nitrogens is 2. The molecule has 0 amide bonds. The molecule has 2 heterocycles. The van der Waals surface area contributed by atoms with Crippen molar-refractivity contribution < 1.29 is 9.26 Å². The van der Waals surface area contributed by atoms with E-state index in [-0.39, 0.29) is 0 Å². The molecule has 0 aliphatic carbocycles. The molecule has 0 spiro atoms. The lowest BCUT2D eigenvalue weighted by Gasteiger charge is -2.05. The molecule has 0 bridgehead atoms. The Morgan fingerprint density at radius 3 is 3.05 bits per heavy atom. The highest BCUT2D eigenvalue weighted by Gasteiger charge is 2.11. The van der Waals surface area contributed by atoms with E-state index in [4.69, 9.17) is 4.74 Å². The Morgan fingerprint density at radius 2 is 2.16 bits per heavy atom. The minimum atomic E-state index is 0.752. The van der Waals surface area contributed by atoms with Crippen LogP contribution in [0.2, 0.25) is 0 Å². The molecule has 5 nitrogen and oxygen atoms in total. The van der Waals surface area contributed by atoms with Gasteiger partial charge in [-0.25, -0.2) is 0 Å². The van der Waals surface area contributed by atoms with Crippen LogP contribution in [0.1, 0.15) is 17.0 Å². The molecular weight excluding hydrogens is 242 g/mol. The van der Waals surface area contributed by atoms with Crippen LogP contribution in [0.15, 0.2) is 29.1 Å². The van der Waals surface area contributed by atoms with Gasteiger partial charge in [-0.15, -0.1) is 0 Å². The Kier molecular flexibility index (Phi) is 3.74. The quantitative estimate of drug-likeness (QED) is 0.794. The smallest absolute Gasteiger partial charge is 0.213 e. The maximum atomic E-state index is 5.50. The van der Waals surface area contributed by atoms with E-state index in [0.29, 0.717) is 0 Å². The summed E-state index contributed by atoms with van der Waals surface area (Å²) < 4.78 is 10.2. The standard InChI is InChI=1S/C14H17N3O2/c1-2-13-12(5-8-18-13)9-11(1)3-6-15-7-4-14-16-10-19-17-14/h1-2,9-10,15H,3-8H2. The van der Waals surface area contributed by atoms with E-state index in [0.717, 1.165) is 50.5 Å². The van der Waals surface area contributed by atoms with E-state index in [2.05, 4.69) is 38.2 Å². The van der Waals surface area contributed by atoms with Gasteiger partial charge in [-0.3, -0.25) is 0 Å². The number of rotatable bonds is 6. The molecular formula is C14H17N3O2. The van der Waals surface area contributed by atoms with Crippen LogP contribution >= 0.6 is 0 Å². The molecule has 19 heavy (non-hydrogen) atoms. The highest BCUT2D eigenvalue weighted by molar-refractivity contribution is 5.39. The molecule has 0 radical (unpaired) electrons. The summed E-state index contributed by atoms with van der Waals surface area (Å²) in [7, 11) is 0. The zero-order valence-electron chi connectivity index (χ0n) is 10.8. The number of hydrogen-bond donors (Lipinski definition) is 1. The van der Waals surface area contributed by atoms with Crippen molar-refractivity contribution in [3.8, 4) is 5.75 Å². The molecule has 1 N–H and O–H groups in total. The second-order valence-corrected chi connectivity index (χ2v) is 4.64. The predicted molar refractivity (Wildman–Crippen MR) is 70.2 cm³/mol. The van der Waals surface area contributed by atoms with E-state index in [1.807, 2.05) is 0 Å². The van der Waals surface area contributed by atoms with Gasteiger partial charge < -0.3 is 14.6 Å². The van der Waals surface area contributed by atoms with Crippen LogP contribution in [-0.4, -0.2) is 29.8 Å². The third-order valence-corrected chi connectivity index (χ3v) is 3.28. The summed E-state index contributed by atoms with van der Waals surface area (Å²) in [5.74, 6) is 1.80. The molecule has 0 unspecified atom stereocenters. The lowest BCUT2D eigenvalue weighted by Crippen LogP contribution is -2.20. The van der Waals surface area contributed by atoms with Gasteiger partial charge >= 0.3 is 0 Å². The fourth-order valence-corrected chi connectivity index (χ4v) is 2.26. The van der Waals surface area contributed by atoms with E-state index in [1.54, 1.807) is 0 Å². The lowest BCUT2D eigenvalue weighted by molar-refractivity contribution is 0.357. The van der Waals surface area contributed by atoms with Crippen molar-refractivity contribution >= 4 is 0 Å². The largest absolute Gasteiger partial charge is 0.493 e. The normalized spacial score (nSPS) is 13.3. The van der Waals surface area contributed by atoms with Crippen LogP contribution in [0.4, 0.5) is 0 Å². The van der Waals surface area contributed by atoms with Crippen molar-refractivity contribution in [1.29, 1.82) is 0 Å². The molecule has 2 aromatic rings. The van der Waals surface area contributed by atoms with Gasteiger partial charge in [-0.05, 0) is 30.2 Å². The van der Waals surface area contributed by atoms with Crippen molar-refractivity contribution in [2.45, 2.75) is 19.3 Å². The number of hydrogen-bond acceptors (Lipinski definition) is 5. The number of nitrogens with one attached hydrogen (secondary N) is 1. The molecule has 0 fully saturated rings. The van der Waals surface area contributed by atoms with Gasteiger partial charge in [-0.2, -0.15) is 4.98 Å². The molecule has 5 heteroatoms. The molecule has 0 atom stereocenters. The van der Waals surface area contributed by atoms with Gasteiger partial charge in [0.1, 0.15) is 5.75 Å². The Bertz CT molecular complexity index is 525. The number of benzene rings is 1. The van der Waals surface area contributed by atoms with Crippen molar-refractivity contribution in [1.82, 2.24) is 15.5 Å². The van der Waals surface area contributed by atoms with E-state index >= 15 is 0 Å². The van der Waals surface area contributed by atoms with Gasteiger partial charge in [0.25, 0.3) is 0 Å². The Hall–Kier alpha value is -1.88. The lowest BCUT2D eigenvalue weighted by atomic mass is 10.1. The first kappa shape index (κ1) is 12.2. The molecule has 3 rings (SSSR count). The molecule has 1 aromatic carbocycles. The zero-order chi connectivity index (χ0) is 12.9. The molecule has 1 aromatic heterocycles.